The van der Waals surface area contributed by atoms with Crippen LogP contribution in [-0.2, 0) is 0 Å². The van der Waals surface area contributed by atoms with Gasteiger partial charge in [0.05, 0.1) is 5.60 Å². The second-order valence-corrected chi connectivity index (χ2v) is 6.19. The van der Waals surface area contributed by atoms with Crippen LogP contribution >= 0.6 is 0 Å². The zero-order valence-corrected chi connectivity index (χ0v) is 12.7. The van der Waals surface area contributed by atoms with Crippen molar-refractivity contribution in [3.05, 3.63) is 71.8 Å². The minimum atomic E-state index is -0.870. The number of hydrogen-bond acceptors (Lipinski definition) is 3. The summed E-state index contributed by atoms with van der Waals surface area (Å²) in [5, 5.41) is 23.8. The van der Waals surface area contributed by atoms with Gasteiger partial charge in [-0.05, 0) is 17.5 Å². The van der Waals surface area contributed by atoms with Gasteiger partial charge >= 0.3 is 0 Å². The first-order chi connectivity index (χ1) is 10.7. The van der Waals surface area contributed by atoms with Crippen LogP contribution in [0, 0.1) is 5.92 Å². The maximum absolute atomic E-state index is 11.0. The third-order valence-corrected chi connectivity index (χ3v) is 4.76. The molecule has 1 heterocycles. The number of nitrogens with one attached hydrogen (secondary N) is 1. The number of aliphatic hydroxyl groups is 2. The molecule has 3 nitrogen and oxygen atoms in total. The van der Waals surface area contributed by atoms with Crippen LogP contribution in [-0.4, -0.2) is 35.5 Å². The summed E-state index contributed by atoms with van der Waals surface area (Å²) in [7, 11) is 0. The fourth-order valence-electron chi connectivity index (χ4n) is 3.42. The lowest BCUT2D eigenvalue weighted by Crippen LogP contribution is -2.41. The lowest BCUT2D eigenvalue weighted by Gasteiger charge is -2.32. The van der Waals surface area contributed by atoms with E-state index in [-0.39, 0.29) is 18.4 Å². The Hall–Kier alpha value is -1.68. The molecule has 1 fully saturated rings. The van der Waals surface area contributed by atoms with E-state index in [1.807, 2.05) is 36.4 Å². The first-order valence-electron chi connectivity index (χ1n) is 7.87. The summed E-state index contributed by atoms with van der Waals surface area (Å²) in [6, 6.07) is 20.6. The first kappa shape index (κ1) is 15.2. The molecule has 0 amide bonds. The van der Waals surface area contributed by atoms with Gasteiger partial charge in [-0.1, -0.05) is 60.7 Å². The third kappa shape index (κ3) is 3.07. The second-order valence-electron chi connectivity index (χ2n) is 6.19. The lowest BCUT2D eigenvalue weighted by molar-refractivity contribution is -0.0147. The Morgan fingerprint density at radius 3 is 2.05 bits per heavy atom. The van der Waals surface area contributed by atoms with E-state index >= 15 is 0 Å². The van der Waals surface area contributed by atoms with Gasteiger partial charge in [0.1, 0.15) is 0 Å². The molecule has 2 aromatic carbocycles. The topological polar surface area (TPSA) is 52.5 Å². The molecule has 3 N–H and O–H groups in total. The molecule has 3 rings (SSSR count). The van der Waals surface area contributed by atoms with Crippen LogP contribution in [0.1, 0.15) is 23.5 Å². The van der Waals surface area contributed by atoms with Crippen LogP contribution in [0.15, 0.2) is 60.7 Å². The molecule has 3 heteroatoms. The van der Waals surface area contributed by atoms with Gasteiger partial charge in [0, 0.05) is 31.5 Å². The highest BCUT2D eigenvalue weighted by atomic mass is 16.3. The summed E-state index contributed by atoms with van der Waals surface area (Å²) in [4.78, 5) is 0. The Balaban J connectivity index is 1.93. The molecule has 1 aliphatic rings. The van der Waals surface area contributed by atoms with Gasteiger partial charge < -0.3 is 15.5 Å². The van der Waals surface area contributed by atoms with Gasteiger partial charge in [-0.15, -0.1) is 0 Å². The van der Waals surface area contributed by atoms with Gasteiger partial charge in [-0.2, -0.15) is 0 Å². The van der Waals surface area contributed by atoms with Crippen LogP contribution in [0.25, 0.3) is 0 Å². The average Bonchev–Trinajstić information content (AvgIpc) is 2.95. The second kappa shape index (κ2) is 6.61. The van der Waals surface area contributed by atoms with Gasteiger partial charge in [-0.3, -0.25) is 0 Å². The number of hydrogen-bond donors (Lipinski definition) is 3. The molecule has 2 atom stereocenters. The van der Waals surface area contributed by atoms with Gasteiger partial charge in [0.2, 0.25) is 0 Å². The SMILES string of the molecule is OC[C@H]1CNC[C@@]1(O)CC(c1ccccc1)c1ccccc1. The average molecular weight is 297 g/mol. The smallest absolute Gasteiger partial charge is 0.0842 e. The quantitative estimate of drug-likeness (QED) is 0.792. The van der Waals surface area contributed by atoms with Crippen molar-refractivity contribution in [3.63, 3.8) is 0 Å². The Morgan fingerprint density at radius 2 is 1.55 bits per heavy atom. The number of aliphatic hydroxyl groups excluding tert-OH is 1. The maximum atomic E-state index is 11.0. The summed E-state index contributed by atoms with van der Waals surface area (Å²) >= 11 is 0. The van der Waals surface area contributed by atoms with Crippen molar-refractivity contribution >= 4 is 0 Å². The van der Waals surface area contributed by atoms with E-state index in [9.17, 15) is 10.2 Å². The highest BCUT2D eigenvalue weighted by Gasteiger charge is 2.42. The van der Waals surface area contributed by atoms with Crippen LogP contribution < -0.4 is 5.32 Å². The summed E-state index contributed by atoms with van der Waals surface area (Å²) < 4.78 is 0. The number of benzene rings is 2. The molecule has 0 bridgehead atoms. The van der Waals surface area contributed by atoms with E-state index in [0.717, 1.165) is 0 Å². The molecule has 0 aliphatic carbocycles. The monoisotopic (exact) mass is 297 g/mol. The highest BCUT2D eigenvalue weighted by Crippen LogP contribution is 2.37. The number of β-amino-alcohol motifs (C(OH)–C–C–N with tert-alkyl or cyclic N) is 1. The van der Waals surface area contributed by atoms with Crippen molar-refractivity contribution in [2.24, 2.45) is 5.92 Å². The Labute approximate surface area is 131 Å². The molecule has 116 valence electrons. The molecule has 22 heavy (non-hydrogen) atoms. The molecular weight excluding hydrogens is 274 g/mol. The van der Waals surface area contributed by atoms with Crippen LogP contribution in [0.5, 0.6) is 0 Å². The summed E-state index contributed by atoms with van der Waals surface area (Å²) in [5.74, 6) is 0.0174. The largest absolute Gasteiger partial charge is 0.396 e. The minimum absolute atomic E-state index is 0.0137. The predicted octanol–water partition coefficient (Wildman–Crippen LogP) is 2.15. The fourth-order valence-corrected chi connectivity index (χ4v) is 3.42. The highest BCUT2D eigenvalue weighted by molar-refractivity contribution is 5.33. The van der Waals surface area contributed by atoms with Gasteiger partial charge in [-0.25, -0.2) is 0 Å². The Kier molecular flexibility index (Phi) is 4.57. The molecule has 0 radical (unpaired) electrons. The van der Waals surface area contributed by atoms with E-state index in [0.29, 0.717) is 19.5 Å². The van der Waals surface area contributed by atoms with E-state index in [1.54, 1.807) is 0 Å². The number of rotatable bonds is 5. The van der Waals surface area contributed by atoms with Crippen molar-refractivity contribution in [2.75, 3.05) is 19.7 Å². The molecule has 1 saturated heterocycles. The Bertz CT molecular complexity index is 547. The van der Waals surface area contributed by atoms with Crippen molar-refractivity contribution in [3.8, 4) is 0 Å². The molecular formula is C19H23NO2. The standard InChI is InChI=1S/C19H23NO2/c21-13-17-12-20-14-19(17,22)11-18(15-7-3-1-4-8-15)16-9-5-2-6-10-16/h1-10,17-18,20-22H,11-14H2/t17-,19+/m1/s1. The zero-order valence-electron chi connectivity index (χ0n) is 12.7. The van der Waals surface area contributed by atoms with E-state index < -0.39 is 5.60 Å². The van der Waals surface area contributed by atoms with E-state index in [2.05, 4.69) is 29.6 Å². The lowest BCUT2D eigenvalue weighted by atomic mass is 9.77. The predicted molar refractivity (Wildman–Crippen MR) is 87.7 cm³/mol. The third-order valence-electron chi connectivity index (χ3n) is 4.76. The van der Waals surface area contributed by atoms with Crippen molar-refractivity contribution in [1.29, 1.82) is 0 Å². The summed E-state index contributed by atoms with van der Waals surface area (Å²) in [6.07, 6.45) is 0.610. The molecule has 2 aromatic rings. The normalized spacial score (nSPS) is 24.8. The molecule has 0 aromatic heterocycles. The van der Waals surface area contributed by atoms with Crippen molar-refractivity contribution < 1.29 is 10.2 Å². The van der Waals surface area contributed by atoms with Crippen LogP contribution in [0.4, 0.5) is 0 Å². The summed E-state index contributed by atoms with van der Waals surface area (Å²) in [6.45, 7) is 1.22. The van der Waals surface area contributed by atoms with Gasteiger partial charge in [0.15, 0.2) is 0 Å². The minimum Gasteiger partial charge on any atom is -0.396 e. The fraction of sp³-hybridized carbons (Fsp3) is 0.368. The van der Waals surface area contributed by atoms with E-state index in [1.165, 1.54) is 11.1 Å². The van der Waals surface area contributed by atoms with Crippen LogP contribution in [0.2, 0.25) is 0 Å². The van der Waals surface area contributed by atoms with Crippen LogP contribution in [0.3, 0.4) is 0 Å². The summed E-state index contributed by atoms with van der Waals surface area (Å²) in [5.41, 5.74) is 1.53. The molecule has 0 spiro atoms. The van der Waals surface area contributed by atoms with Crippen molar-refractivity contribution in [1.82, 2.24) is 5.32 Å². The molecule has 0 saturated carbocycles. The van der Waals surface area contributed by atoms with E-state index in [4.69, 9.17) is 0 Å². The van der Waals surface area contributed by atoms with Crippen molar-refractivity contribution in [2.45, 2.75) is 17.9 Å². The molecule has 1 aliphatic heterocycles. The maximum Gasteiger partial charge on any atom is 0.0842 e. The molecule has 0 unspecified atom stereocenters. The Morgan fingerprint density at radius 1 is 1.00 bits per heavy atom. The van der Waals surface area contributed by atoms with Gasteiger partial charge in [0.25, 0.3) is 0 Å². The zero-order chi connectivity index (χ0) is 15.4. The first-order valence-corrected chi connectivity index (χ1v) is 7.87.